The molecule has 1 N–H and O–H groups in total. The normalized spacial score (nSPS) is 18.5. The summed E-state index contributed by atoms with van der Waals surface area (Å²) in [6.07, 6.45) is -5.37. The molecule has 0 aliphatic carbocycles. The van der Waals surface area contributed by atoms with E-state index in [1.54, 1.807) is 0 Å². The molecule has 1 aliphatic rings. The molecule has 2 aromatic heterocycles. The predicted octanol–water partition coefficient (Wildman–Crippen LogP) is 4.34. The van der Waals surface area contributed by atoms with Crippen LogP contribution in [0.2, 0.25) is 0 Å². The van der Waals surface area contributed by atoms with Gasteiger partial charge in [0.05, 0.1) is 22.8 Å². The van der Waals surface area contributed by atoms with Crippen molar-refractivity contribution in [2.75, 3.05) is 25.5 Å². The number of imidazole rings is 1. The molecule has 0 bridgehead atoms. The van der Waals surface area contributed by atoms with Crippen molar-refractivity contribution in [1.29, 1.82) is 0 Å². The maximum atomic E-state index is 13.6. The van der Waals surface area contributed by atoms with Gasteiger partial charge < -0.3 is 10.2 Å². The number of nitrogens with one attached hydrogen (secondary N) is 1. The zero-order valence-corrected chi connectivity index (χ0v) is 16.3. The molecule has 1 aliphatic heterocycles. The zero-order valence-electron chi connectivity index (χ0n) is 16.3. The number of likely N-dealkylation sites (N-methyl/N-ethyl adjacent to an activating group) is 1. The molecule has 1 atom stereocenters. The Labute approximate surface area is 172 Å². The van der Waals surface area contributed by atoms with Crippen LogP contribution in [0, 0.1) is 0 Å². The third-order valence-electron chi connectivity index (χ3n) is 5.22. The first-order valence-electron chi connectivity index (χ1n) is 9.46. The van der Waals surface area contributed by atoms with Crippen LogP contribution < -0.4 is 5.32 Å². The van der Waals surface area contributed by atoms with Gasteiger partial charge in [-0.25, -0.2) is 4.98 Å². The van der Waals surface area contributed by atoms with Crippen molar-refractivity contribution in [2.24, 2.45) is 0 Å². The number of benzene rings is 1. The number of piperidine rings is 1. The highest BCUT2D eigenvalue weighted by Gasteiger charge is 2.39. The van der Waals surface area contributed by atoms with Gasteiger partial charge in [0.2, 0.25) is 5.95 Å². The summed E-state index contributed by atoms with van der Waals surface area (Å²) in [5.41, 5.74) is -3.32. The van der Waals surface area contributed by atoms with Crippen molar-refractivity contribution >= 4 is 11.5 Å². The molecule has 3 heterocycles. The van der Waals surface area contributed by atoms with Crippen LogP contribution >= 0.6 is 0 Å². The van der Waals surface area contributed by atoms with Gasteiger partial charge in [0.15, 0.2) is 0 Å². The molecule has 0 spiro atoms. The molecule has 12 heteroatoms. The lowest BCUT2D eigenvalue weighted by Crippen LogP contribution is -2.40. The fourth-order valence-corrected chi connectivity index (χ4v) is 3.75. The molecular weight excluding hydrogens is 426 g/mol. The third-order valence-corrected chi connectivity index (χ3v) is 5.22. The van der Waals surface area contributed by atoms with Crippen molar-refractivity contribution in [3.8, 4) is 11.3 Å². The number of fused-ring (bicyclic) bond motifs is 1. The van der Waals surface area contributed by atoms with E-state index >= 15 is 0 Å². The summed E-state index contributed by atoms with van der Waals surface area (Å²) < 4.78 is 81.2. The Morgan fingerprint density at radius 1 is 1.06 bits per heavy atom. The van der Waals surface area contributed by atoms with Crippen LogP contribution in [0.4, 0.5) is 32.3 Å². The molecule has 166 valence electrons. The summed E-state index contributed by atoms with van der Waals surface area (Å²) in [4.78, 5) is 6.12. The van der Waals surface area contributed by atoms with E-state index in [4.69, 9.17) is 0 Å². The van der Waals surface area contributed by atoms with Gasteiger partial charge in [-0.05, 0) is 38.6 Å². The van der Waals surface area contributed by atoms with E-state index < -0.39 is 29.0 Å². The molecular formula is C19H18F6N6. The number of halogens is 6. The van der Waals surface area contributed by atoms with Crippen LogP contribution in [0.3, 0.4) is 0 Å². The summed E-state index contributed by atoms with van der Waals surface area (Å²) in [5.74, 6) is 0.303. The van der Waals surface area contributed by atoms with Crippen LogP contribution in [-0.4, -0.2) is 50.7 Å². The van der Waals surface area contributed by atoms with Crippen molar-refractivity contribution in [3.05, 3.63) is 41.9 Å². The number of likely N-dealkylation sites (tertiary alicyclic amines) is 1. The fraction of sp³-hybridized carbons (Fsp3) is 0.421. The molecule has 3 aromatic rings. The van der Waals surface area contributed by atoms with Crippen molar-refractivity contribution < 1.29 is 26.3 Å². The van der Waals surface area contributed by atoms with Gasteiger partial charge in [0, 0.05) is 18.2 Å². The van der Waals surface area contributed by atoms with Gasteiger partial charge in [-0.3, -0.25) is 4.40 Å². The first-order valence-corrected chi connectivity index (χ1v) is 9.46. The minimum Gasteiger partial charge on any atom is -0.350 e. The van der Waals surface area contributed by atoms with E-state index in [-0.39, 0.29) is 23.3 Å². The Bertz CT molecular complexity index is 1090. The summed E-state index contributed by atoms with van der Waals surface area (Å²) >= 11 is 0. The van der Waals surface area contributed by atoms with Crippen molar-refractivity contribution in [2.45, 2.75) is 31.2 Å². The molecule has 1 aromatic carbocycles. The van der Waals surface area contributed by atoms with Crippen molar-refractivity contribution in [1.82, 2.24) is 24.5 Å². The topological polar surface area (TPSA) is 58.3 Å². The van der Waals surface area contributed by atoms with Gasteiger partial charge in [-0.2, -0.15) is 26.3 Å². The number of aromatic nitrogens is 4. The van der Waals surface area contributed by atoms with Crippen LogP contribution in [0.15, 0.2) is 30.7 Å². The monoisotopic (exact) mass is 444 g/mol. The van der Waals surface area contributed by atoms with Crippen molar-refractivity contribution in [3.63, 3.8) is 0 Å². The first-order chi connectivity index (χ1) is 14.5. The van der Waals surface area contributed by atoms with E-state index in [1.807, 2.05) is 7.05 Å². The number of hydrogen-bond donors (Lipinski definition) is 1. The van der Waals surface area contributed by atoms with E-state index in [0.29, 0.717) is 12.0 Å². The molecule has 1 fully saturated rings. The Morgan fingerprint density at radius 2 is 1.84 bits per heavy atom. The Kier molecular flexibility index (Phi) is 5.28. The fourth-order valence-electron chi connectivity index (χ4n) is 3.75. The Hall–Kier alpha value is -2.89. The minimum atomic E-state index is -5.01. The number of alkyl halides is 6. The third kappa shape index (κ3) is 4.29. The second-order valence-corrected chi connectivity index (χ2v) is 7.52. The van der Waals surface area contributed by atoms with Gasteiger partial charge in [0.25, 0.3) is 0 Å². The summed E-state index contributed by atoms with van der Waals surface area (Å²) in [5, 5.41) is 11.2. The quantitative estimate of drug-likeness (QED) is 0.610. The standard InChI is InChI=1S/C19H18F6N6/c1-30-6-2-3-12(9-30)27-17-29-28-16(15-8-26-10-31(15)17)13-5-4-11(18(20,21)22)7-14(13)19(23,24)25/h4-5,7-8,10,12H,2-3,6,9H2,1H3,(H,27,29)/t12-/m1/s1. The van der Waals surface area contributed by atoms with Gasteiger partial charge in [-0.15, -0.1) is 10.2 Å². The Morgan fingerprint density at radius 3 is 2.52 bits per heavy atom. The molecule has 1 saturated heterocycles. The molecule has 0 amide bonds. The van der Waals surface area contributed by atoms with E-state index in [9.17, 15) is 26.3 Å². The van der Waals surface area contributed by atoms with Crippen LogP contribution in [-0.2, 0) is 12.4 Å². The molecule has 4 rings (SSSR count). The predicted molar refractivity (Wildman–Crippen MR) is 100 cm³/mol. The van der Waals surface area contributed by atoms with Gasteiger partial charge >= 0.3 is 12.4 Å². The number of nitrogens with zero attached hydrogens (tertiary/aromatic N) is 5. The highest BCUT2D eigenvalue weighted by molar-refractivity contribution is 5.79. The SMILES string of the molecule is CN1CCC[C@@H](Nc2nnc(-c3ccc(C(F)(F)F)cc3C(F)(F)F)c3cncn23)C1. The largest absolute Gasteiger partial charge is 0.417 e. The maximum Gasteiger partial charge on any atom is 0.417 e. The lowest BCUT2D eigenvalue weighted by atomic mass is 10.00. The summed E-state index contributed by atoms with van der Waals surface area (Å²) in [6, 6.07) is 1.53. The lowest BCUT2D eigenvalue weighted by molar-refractivity contribution is -0.142. The summed E-state index contributed by atoms with van der Waals surface area (Å²) in [6.45, 7) is 1.73. The Balaban J connectivity index is 1.78. The van der Waals surface area contributed by atoms with Crippen LogP contribution in [0.1, 0.15) is 24.0 Å². The number of hydrogen-bond acceptors (Lipinski definition) is 5. The second-order valence-electron chi connectivity index (χ2n) is 7.52. The average Bonchev–Trinajstić information content (AvgIpc) is 3.17. The van der Waals surface area contributed by atoms with Crippen LogP contribution in [0.5, 0.6) is 0 Å². The molecule has 6 nitrogen and oxygen atoms in total. The summed E-state index contributed by atoms with van der Waals surface area (Å²) in [7, 11) is 1.98. The first kappa shape index (κ1) is 21.3. The van der Waals surface area contributed by atoms with Crippen LogP contribution in [0.25, 0.3) is 16.8 Å². The molecule has 31 heavy (non-hydrogen) atoms. The highest BCUT2D eigenvalue weighted by Crippen LogP contribution is 2.41. The number of rotatable bonds is 3. The van der Waals surface area contributed by atoms with Gasteiger partial charge in [0.1, 0.15) is 12.0 Å². The van der Waals surface area contributed by atoms with Gasteiger partial charge in [-0.1, -0.05) is 6.07 Å². The van der Waals surface area contributed by atoms with E-state index in [0.717, 1.165) is 32.0 Å². The molecule has 0 unspecified atom stereocenters. The number of anilines is 1. The minimum absolute atomic E-state index is 0.0707. The van der Waals surface area contributed by atoms with E-state index in [2.05, 4.69) is 25.4 Å². The maximum absolute atomic E-state index is 13.6. The zero-order chi connectivity index (χ0) is 22.4. The molecule has 0 radical (unpaired) electrons. The molecule has 0 saturated carbocycles. The smallest absolute Gasteiger partial charge is 0.350 e. The lowest BCUT2D eigenvalue weighted by Gasteiger charge is -2.30. The highest BCUT2D eigenvalue weighted by atomic mass is 19.4. The van der Waals surface area contributed by atoms with E-state index in [1.165, 1.54) is 16.9 Å². The second kappa shape index (κ2) is 7.66. The average molecular weight is 444 g/mol.